The second-order valence-electron chi connectivity index (χ2n) is 3.76. The second-order valence-corrected chi connectivity index (χ2v) is 3.76. The Bertz CT molecular complexity index is 474. The molecule has 0 atom stereocenters. The Morgan fingerprint density at radius 1 is 1.06 bits per heavy atom. The van der Waals surface area contributed by atoms with E-state index >= 15 is 0 Å². The van der Waals surface area contributed by atoms with Crippen molar-refractivity contribution in [2.24, 2.45) is 0 Å². The van der Waals surface area contributed by atoms with E-state index in [2.05, 4.69) is 26.2 Å². The summed E-state index contributed by atoms with van der Waals surface area (Å²) in [4.78, 5) is 2.04. The number of hydrogen-bond acceptors (Lipinski definition) is 6. The SMILES string of the molecule is c1ccc(-n2nnnc2N2CNCNC2)cc1. The lowest BCUT2D eigenvalue weighted by Crippen LogP contribution is -2.51. The molecule has 1 aromatic carbocycles. The van der Waals surface area contributed by atoms with E-state index in [1.165, 1.54) is 0 Å². The lowest BCUT2D eigenvalue weighted by Gasteiger charge is -2.28. The van der Waals surface area contributed by atoms with Gasteiger partial charge < -0.3 is 4.90 Å². The summed E-state index contributed by atoms with van der Waals surface area (Å²) in [6, 6.07) is 9.86. The molecule has 1 aliphatic rings. The molecule has 1 saturated heterocycles. The molecule has 1 fully saturated rings. The van der Waals surface area contributed by atoms with Crippen molar-refractivity contribution in [2.75, 3.05) is 24.9 Å². The van der Waals surface area contributed by atoms with Crippen molar-refractivity contribution >= 4 is 5.95 Å². The number of tetrazole rings is 1. The zero-order valence-corrected chi connectivity index (χ0v) is 9.24. The van der Waals surface area contributed by atoms with E-state index in [9.17, 15) is 0 Å². The van der Waals surface area contributed by atoms with Crippen LogP contribution in [0.15, 0.2) is 30.3 Å². The van der Waals surface area contributed by atoms with Crippen LogP contribution < -0.4 is 15.5 Å². The first kappa shape index (κ1) is 10.2. The van der Waals surface area contributed by atoms with E-state index < -0.39 is 0 Å². The summed E-state index contributed by atoms with van der Waals surface area (Å²) in [6.45, 7) is 2.28. The van der Waals surface area contributed by atoms with E-state index in [1.54, 1.807) is 4.68 Å². The number of benzene rings is 1. The summed E-state index contributed by atoms with van der Waals surface area (Å²) in [6.07, 6.45) is 0. The van der Waals surface area contributed by atoms with Crippen molar-refractivity contribution in [2.45, 2.75) is 0 Å². The Kier molecular flexibility index (Phi) is 2.68. The highest BCUT2D eigenvalue weighted by Crippen LogP contribution is 2.14. The molecule has 17 heavy (non-hydrogen) atoms. The van der Waals surface area contributed by atoms with Crippen LogP contribution in [-0.2, 0) is 0 Å². The number of anilines is 1. The normalized spacial score (nSPS) is 16.1. The van der Waals surface area contributed by atoms with E-state index in [4.69, 9.17) is 0 Å². The van der Waals surface area contributed by atoms with Crippen LogP contribution in [0, 0.1) is 0 Å². The molecule has 2 aromatic rings. The van der Waals surface area contributed by atoms with E-state index in [0.29, 0.717) is 0 Å². The van der Waals surface area contributed by atoms with Crippen molar-refractivity contribution in [3.05, 3.63) is 30.3 Å². The van der Waals surface area contributed by atoms with Gasteiger partial charge in [-0.2, -0.15) is 4.68 Å². The van der Waals surface area contributed by atoms with Crippen LogP contribution in [0.1, 0.15) is 0 Å². The number of nitrogens with zero attached hydrogens (tertiary/aromatic N) is 5. The predicted molar refractivity (Wildman–Crippen MR) is 62.5 cm³/mol. The van der Waals surface area contributed by atoms with Crippen LogP contribution in [0.2, 0.25) is 0 Å². The molecule has 88 valence electrons. The zero-order valence-electron chi connectivity index (χ0n) is 9.24. The first-order valence-corrected chi connectivity index (χ1v) is 5.45. The maximum Gasteiger partial charge on any atom is 0.252 e. The van der Waals surface area contributed by atoms with Crippen LogP contribution in [-0.4, -0.2) is 40.2 Å². The third-order valence-corrected chi connectivity index (χ3v) is 2.59. The van der Waals surface area contributed by atoms with Gasteiger partial charge in [0.1, 0.15) is 0 Å². The summed E-state index contributed by atoms with van der Waals surface area (Å²) in [5.74, 6) is 0.732. The quantitative estimate of drug-likeness (QED) is 0.728. The molecule has 2 N–H and O–H groups in total. The molecule has 0 bridgehead atoms. The highest BCUT2D eigenvalue weighted by atomic mass is 15.6. The Hall–Kier alpha value is -1.99. The monoisotopic (exact) mass is 231 g/mol. The molecule has 1 aromatic heterocycles. The van der Waals surface area contributed by atoms with Gasteiger partial charge in [-0.1, -0.05) is 23.3 Å². The third kappa shape index (κ3) is 1.97. The van der Waals surface area contributed by atoms with Crippen molar-refractivity contribution in [3.8, 4) is 5.69 Å². The summed E-state index contributed by atoms with van der Waals surface area (Å²) in [5, 5.41) is 18.2. The van der Waals surface area contributed by atoms with Gasteiger partial charge in [-0.05, 0) is 22.6 Å². The van der Waals surface area contributed by atoms with Crippen LogP contribution >= 0.6 is 0 Å². The lowest BCUT2D eigenvalue weighted by atomic mass is 10.3. The van der Waals surface area contributed by atoms with Gasteiger partial charge in [-0.25, -0.2) is 0 Å². The molecule has 0 saturated carbocycles. The van der Waals surface area contributed by atoms with Crippen molar-refractivity contribution < 1.29 is 0 Å². The fourth-order valence-corrected chi connectivity index (χ4v) is 1.78. The number of para-hydroxylation sites is 1. The van der Waals surface area contributed by atoms with Crippen molar-refractivity contribution in [3.63, 3.8) is 0 Å². The molecule has 0 unspecified atom stereocenters. The first-order valence-electron chi connectivity index (χ1n) is 5.45. The molecular formula is C10H13N7. The Labute approximate surface area is 98.4 Å². The molecule has 7 heteroatoms. The average Bonchev–Trinajstić information content (AvgIpc) is 2.90. The van der Waals surface area contributed by atoms with Crippen LogP contribution in [0.5, 0.6) is 0 Å². The molecule has 0 amide bonds. The molecule has 0 aliphatic carbocycles. The highest BCUT2D eigenvalue weighted by Gasteiger charge is 2.17. The standard InChI is InChI=1S/C10H13N7/c1-2-4-9(5-3-1)17-10(13-14-15-17)16-7-11-6-12-8-16/h1-5,11-12H,6-8H2. The fourth-order valence-electron chi connectivity index (χ4n) is 1.78. The molecular weight excluding hydrogens is 218 g/mol. The molecule has 2 heterocycles. The number of nitrogens with one attached hydrogen (secondary N) is 2. The van der Waals surface area contributed by atoms with Crippen LogP contribution in [0.3, 0.4) is 0 Å². The molecule has 3 rings (SSSR count). The minimum atomic E-state index is 0.732. The Balaban J connectivity index is 1.93. The number of aromatic nitrogens is 4. The lowest BCUT2D eigenvalue weighted by molar-refractivity contribution is 0.485. The molecule has 1 aliphatic heterocycles. The van der Waals surface area contributed by atoms with E-state index in [0.717, 1.165) is 31.6 Å². The van der Waals surface area contributed by atoms with Gasteiger partial charge in [0.2, 0.25) is 0 Å². The summed E-state index contributed by atoms with van der Waals surface area (Å²) in [7, 11) is 0. The van der Waals surface area contributed by atoms with Crippen molar-refractivity contribution in [1.29, 1.82) is 0 Å². The maximum absolute atomic E-state index is 4.06. The van der Waals surface area contributed by atoms with Crippen molar-refractivity contribution in [1.82, 2.24) is 30.8 Å². The zero-order chi connectivity index (χ0) is 11.5. The molecule has 7 nitrogen and oxygen atoms in total. The molecule has 0 spiro atoms. The van der Waals surface area contributed by atoms with Crippen LogP contribution in [0.25, 0.3) is 5.69 Å². The van der Waals surface area contributed by atoms with Gasteiger partial charge in [0.05, 0.1) is 19.0 Å². The smallest absolute Gasteiger partial charge is 0.252 e. The third-order valence-electron chi connectivity index (χ3n) is 2.59. The predicted octanol–water partition coefficient (Wildman–Crippen LogP) is -0.466. The molecule has 0 radical (unpaired) electrons. The van der Waals surface area contributed by atoms with Gasteiger partial charge >= 0.3 is 0 Å². The van der Waals surface area contributed by atoms with E-state index in [-0.39, 0.29) is 0 Å². The summed E-state index contributed by atoms with van der Waals surface area (Å²) in [5.41, 5.74) is 0.957. The van der Waals surface area contributed by atoms with Crippen LogP contribution in [0.4, 0.5) is 5.95 Å². The van der Waals surface area contributed by atoms with Gasteiger partial charge in [0, 0.05) is 6.67 Å². The first-order chi connectivity index (χ1) is 8.45. The van der Waals surface area contributed by atoms with Gasteiger partial charge in [0.25, 0.3) is 5.95 Å². The second kappa shape index (κ2) is 4.48. The van der Waals surface area contributed by atoms with Gasteiger partial charge in [0.15, 0.2) is 0 Å². The minimum Gasteiger partial charge on any atom is -0.314 e. The topological polar surface area (TPSA) is 70.9 Å². The number of rotatable bonds is 2. The Morgan fingerprint density at radius 3 is 2.59 bits per heavy atom. The van der Waals surface area contributed by atoms with E-state index in [1.807, 2.05) is 35.2 Å². The summed E-state index contributed by atoms with van der Waals surface area (Å²) < 4.78 is 1.73. The highest BCUT2D eigenvalue weighted by molar-refractivity contribution is 5.40. The summed E-state index contributed by atoms with van der Waals surface area (Å²) >= 11 is 0. The minimum absolute atomic E-state index is 0.732. The average molecular weight is 231 g/mol. The van der Waals surface area contributed by atoms with Gasteiger partial charge in [-0.15, -0.1) is 0 Å². The van der Waals surface area contributed by atoms with Gasteiger partial charge in [-0.3, -0.25) is 10.6 Å². The largest absolute Gasteiger partial charge is 0.314 e. The number of hydrogen-bond donors (Lipinski definition) is 2. The maximum atomic E-state index is 4.06. The fraction of sp³-hybridized carbons (Fsp3) is 0.300. The Morgan fingerprint density at radius 2 is 1.82 bits per heavy atom.